The van der Waals surface area contributed by atoms with Gasteiger partial charge in [0.05, 0.1) is 25.1 Å². The van der Waals surface area contributed by atoms with Crippen molar-refractivity contribution in [1.82, 2.24) is 15.0 Å². The van der Waals surface area contributed by atoms with Crippen LogP contribution in [-0.2, 0) is 4.74 Å². The number of aromatic nitrogens is 3. The Hall–Kier alpha value is -3.52. The molecule has 1 aliphatic heterocycles. The van der Waals surface area contributed by atoms with Crippen LogP contribution in [0.2, 0.25) is 0 Å². The number of anilines is 3. The van der Waals surface area contributed by atoms with Crippen LogP contribution in [0.4, 0.5) is 17.3 Å². The molecule has 1 saturated heterocycles. The van der Waals surface area contributed by atoms with E-state index in [1.54, 1.807) is 24.5 Å². The van der Waals surface area contributed by atoms with Crippen molar-refractivity contribution >= 4 is 23.2 Å². The number of nitrogens with two attached hydrogens (primary N) is 1. The Morgan fingerprint density at radius 1 is 1.04 bits per heavy atom. The molecule has 0 spiro atoms. The topological polar surface area (TPSA) is 106 Å². The van der Waals surface area contributed by atoms with Crippen LogP contribution >= 0.6 is 0 Å². The van der Waals surface area contributed by atoms with E-state index in [4.69, 9.17) is 10.5 Å². The van der Waals surface area contributed by atoms with E-state index in [9.17, 15) is 4.79 Å². The number of carbonyl (C=O) groups is 1. The Bertz CT molecular complexity index is 956. The lowest BCUT2D eigenvalue weighted by Gasteiger charge is -2.27. The van der Waals surface area contributed by atoms with Crippen LogP contribution in [-0.4, -0.2) is 47.2 Å². The van der Waals surface area contributed by atoms with E-state index in [0.717, 1.165) is 24.5 Å². The lowest BCUT2D eigenvalue weighted by molar-refractivity contribution is 0.102. The predicted octanol–water partition coefficient (Wildman–Crippen LogP) is 2.21. The maximum absolute atomic E-state index is 12.6. The first-order chi connectivity index (χ1) is 13.7. The van der Waals surface area contributed by atoms with Crippen molar-refractivity contribution in [1.29, 1.82) is 0 Å². The largest absolute Gasteiger partial charge is 0.382 e. The maximum atomic E-state index is 12.6. The Morgan fingerprint density at radius 2 is 1.82 bits per heavy atom. The van der Waals surface area contributed by atoms with E-state index in [1.807, 2.05) is 30.3 Å². The van der Waals surface area contributed by atoms with Gasteiger partial charge in [0.2, 0.25) is 0 Å². The fourth-order valence-electron chi connectivity index (χ4n) is 2.93. The standard InChI is InChI=1S/C20H20N6O2/c21-19-18(20(27)24-15-4-2-1-3-5-15)25-16(13-23-19)14-6-7-17(22-12-14)26-8-10-28-11-9-26/h1-7,12-13H,8-11H2,(H2,21,23)(H,24,27). The molecule has 2 aromatic heterocycles. The summed E-state index contributed by atoms with van der Waals surface area (Å²) >= 11 is 0. The third kappa shape index (κ3) is 3.91. The summed E-state index contributed by atoms with van der Waals surface area (Å²) < 4.78 is 5.37. The number of hydrogen-bond acceptors (Lipinski definition) is 7. The van der Waals surface area contributed by atoms with Crippen molar-refractivity contribution in [3.05, 3.63) is 60.6 Å². The van der Waals surface area contributed by atoms with Crippen molar-refractivity contribution in [2.75, 3.05) is 42.3 Å². The Balaban J connectivity index is 1.55. The zero-order valence-electron chi connectivity index (χ0n) is 15.2. The number of carbonyl (C=O) groups excluding carboxylic acids is 1. The molecule has 4 rings (SSSR count). The zero-order chi connectivity index (χ0) is 19.3. The number of para-hydroxylation sites is 1. The quantitative estimate of drug-likeness (QED) is 0.719. The average Bonchev–Trinajstić information content (AvgIpc) is 2.75. The highest BCUT2D eigenvalue weighted by atomic mass is 16.5. The van der Waals surface area contributed by atoms with Crippen LogP contribution in [0, 0.1) is 0 Å². The van der Waals surface area contributed by atoms with Gasteiger partial charge in [-0.15, -0.1) is 0 Å². The summed E-state index contributed by atoms with van der Waals surface area (Å²) in [6.45, 7) is 3.04. The number of nitrogens with one attached hydrogen (secondary N) is 1. The first kappa shape index (κ1) is 17.9. The number of benzene rings is 1. The van der Waals surface area contributed by atoms with E-state index in [0.29, 0.717) is 24.6 Å². The third-order valence-corrected chi connectivity index (χ3v) is 4.43. The summed E-state index contributed by atoms with van der Waals surface area (Å²) in [7, 11) is 0. The van der Waals surface area contributed by atoms with Crippen LogP contribution in [0.25, 0.3) is 11.3 Å². The second-order valence-corrected chi connectivity index (χ2v) is 6.31. The molecule has 0 unspecified atom stereocenters. The summed E-state index contributed by atoms with van der Waals surface area (Å²) in [6, 6.07) is 13.0. The molecule has 3 heterocycles. The van der Waals surface area contributed by atoms with Crippen LogP contribution in [0.1, 0.15) is 10.5 Å². The molecule has 1 amide bonds. The summed E-state index contributed by atoms with van der Waals surface area (Å²) in [5.74, 6) is 0.559. The van der Waals surface area contributed by atoms with Crippen LogP contribution < -0.4 is 16.0 Å². The second kappa shape index (κ2) is 8.01. The lowest BCUT2D eigenvalue weighted by atomic mass is 10.2. The Morgan fingerprint density at radius 3 is 2.54 bits per heavy atom. The van der Waals surface area contributed by atoms with E-state index in [2.05, 4.69) is 25.2 Å². The van der Waals surface area contributed by atoms with Crippen LogP contribution in [0.15, 0.2) is 54.9 Å². The highest BCUT2D eigenvalue weighted by Gasteiger charge is 2.16. The van der Waals surface area contributed by atoms with Gasteiger partial charge in [-0.25, -0.2) is 15.0 Å². The number of pyridine rings is 1. The maximum Gasteiger partial charge on any atom is 0.278 e. The summed E-state index contributed by atoms with van der Waals surface area (Å²) in [4.78, 5) is 27.8. The van der Waals surface area contributed by atoms with Gasteiger partial charge in [0, 0.05) is 30.5 Å². The Labute approximate surface area is 162 Å². The smallest absolute Gasteiger partial charge is 0.278 e. The Kier molecular flexibility index (Phi) is 5.11. The first-order valence-corrected chi connectivity index (χ1v) is 8.99. The molecule has 0 aliphatic carbocycles. The van der Waals surface area contributed by atoms with Crippen LogP contribution in [0.3, 0.4) is 0 Å². The van der Waals surface area contributed by atoms with Gasteiger partial charge in [0.25, 0.3) is 5.91 Å². The first-order valence-electron chi connectivity index (χ1n) is 8.99. The fourth-order valence-corrected chi connectivity index (χ4v) is 2.93. The molecule has 1 aromatic carbocycles. The molecule has 1 aliphatic rings. The van der Waals surface area contributed by atoms with Gasteiger partial charge in [0.15, 0.2) is 11.5 Å². The molecule has 3 N–H and O–H groups in total. The van der Waals surface area contributed by atoms with Crippen molar-refractivity contribution in [2.24, 2.45) is 0 Å². The molecule has 0 saturated carbocycles. The number of nitrogens with zero attached hydrogens (tertiary/aromatic N) is 4. The molecule has 28 heavy (non-hydrogen) atoms. The summed E-state index contributed by atoms with van der Waals surface area (Å²) in [5, 5.41) is 2.77. The number of rotatable bonds is 4. The molecule has 1 fully saturated rings. The number of hydrogen-bond donors (Lipinski definition) is 2. The second-order valence-electron chi connectivity index (χ2n) is 6.31. The van der Waals surface area contributed by atoms with Gasteiger partial charge in [0.1, 0.15) is 5.82 Å². The molecule has 3 aromatic rings. The number of morpholine rings is 1. The SMILES string of the molecule is Nc1ncc(-c2ccc(N3CCOCC3)nc2)nc1C(=O)Nc1ccccc1. The summed E-state index contributed by atoms with van der Waals surface area (Å²) in [5.41, 5.74) is 7.92. The molecule has 0 atom stereocenters. The van der Waals surface area contributed by atoms with Gasteiger partial charge in [-0.2, -0.15) is 0 Å². The fraction of sp³-hybridized carbons (Fsp3) is 0.200. The minimum Gasteiger partial charge on any atom is -0.382 e. The molecule has 8 heteroatoms. The van der Waals surface area contributed by atoms with Gasteiger partial charge < -0.3 is 20.7 Å². The molecule has 142 valence electrons. The highest BCUT2D eigenvalue weighted by Crippen LogP contribution is 2.21. The van der Waals surface area contributed by atoms with Crippen LogP contribution in [0.5, 0.6) is 0 Å². The van der Waals surface area contributed by atoms with Gasteiger partial charge >= 0.3 is 0 Å². The average molecular weight is 376 g/mol. The van der Waals surface area contributed by atoms with E-state index < -0.39 is 5.91 Å². The van der Waals surface area contributed by atoms with Crippen molar-refractivity contribution in [3.8, 4) is 11.3 Å². The number of ether oxygens (including phenoxy) is 1. The van der Waals surface area contributed by atoms with E-state index in [1.165, 1.54) is 0 Å². The molecular weight excluding hydrogens is 356 g/mol. The van der Waals surface area contributed by atoms with Gasteiger partial charge in [-0.3, -0.25) is 4.79 Å². The monoisotopic (exact) mass is 376 g/mol. The molecular formula is C20H20N6O2. The van der Waals surface area contributed by atoms with E-state index >= 15 is 0 Å². The molecule has 0 bridgehead atoms. The number of nitrogen functional groups attached to an aromatic ring is 1. The molecule has 0 radical (unpaired) electrons. The molecule has 8 nitrogen and oxygen atoms in total. The normalized spacial score (nSPS) is 13.9. The third-order valence-electron chi connectivity index (χ3n) is 4.43. The van der Waals surface area contributed by atoms with Gasteiger partial charge in [-0.1, -0.05) is 18.2 Å². The van der Waals surface area contributed by atoms with Crippen molar-refractivity contribution < 1.29 is 9.53 Å². The minimum absolute atomic E-state index is 0.0788. The zero-order valence-corrected chi connectivity index (χ0v) is 15.2. The number of amides is 1. The minimum atomic E-state index is -0.407. The van der Waals surface area contributed by atoms with Crippen molar-refractivity contribution in [2.45, 2.75) is 0 Å². The van der Waals surface area contributed by atoms with Crippen molar-refractivity contribution in [3.63, 3.8) is 0 Å². The highest BCUT2D eigenvalue weighted by molar-refractivity contribution is 6.05. The predicted molar refractivity (Wildman–Crippen MR) is 107 cm³/mol. The lowest BCUT2D eigenvalue weighted by Crippen LogP contribution is -2.36. The van der Waals surface area contributed by atoms with Gasteiger partial charge in [-0.05, 0) is 24.3 Å². The van der Waals surface area contributed by atoms with E-state index in [-0.39, 0.29) is 11.5 Å². The summed E-state index contributed by atoms with van der Waals surface area (Å²) in [6.07, 6.45) is 3.27.